The molecule has 2 aromatic rings. The number of benzene rings is 1. The molecule has 0 bridgehead atoms. The zero-order chi connectivity index (χ0) is 29.8. The number of carbonyl (C=O) groups excluding carboxylic acids is 3. The lowest BCUT2D eigenvalue weighted by atomic mass is 9.96. The van der Waals surface area contributed by atoms with Crippen LogP contribution in [0.25, 0.3) is 5.70 Å². The summed E-state index contributed by atoms with van der Waals surface area (Å²) < 4.78 is 51.5. The predicted octanol–water partition coefficient (Wildman–Crippen LogP) is 2.23. The number of rotatable bonds is 8. The molecular weight excluding hydrogens is 586 g/mol. The van der Waals surface area contributed by atoms with E-state index in [1.807, 2.05) is 0 Å². The Bertz CT molecular complexity index is 1340. The summed E-state index contributed by atoms with van der Waals surface area (Å²) in [6.07, 6.45) is 1.34. The van der Waals surface area contributed by atoms with Crippen molar-refractivity contribution in [1.82, 2.24) is 15.4 Å². The molecule has 1 saturated heterocycles. The number of nitrogens with two attached hydrogens (primary N) is 1. The van der Waals surface area contributed by atoms with Gasteiger partial charge in [-0.1, -0.05) is 23.4 Å². The smallest absolute Gasteiger partial charge is 0.303 e. The molecule has 41 heavy (non-hydrogen) atoms. The largest absolute Gasteiger partial charge is 0.463 e. The number of quaternary nitrogens is 1. The molecule has 5 atom stereocenters. The molecule has 0 saturated carbocycles. The first kappa shape index (κ1) is 30.5. The minimum atomic E-state index is -1.12. The van der Waals surface area contributed by atoms with Gasteiger partial charge in [-0.25, -0.2) is 14.2 Å². The molecule has 15 heteroatoms. The summed E-state index contributed by atoms with van der Waals surface area (Å²) >= 11 is 7.26. The number of nitrogens with one attached hydrogen (secondary N) is 1. The number of aromatic nitrogens is 1. The second-order valence-electron chi connectivity index (χ2n) is 9.27. The molecule has 0 aliphatic carbocycles. The van der Waals surface area contributed by atoms with Gasteiger partial charge < -0.3 is 18.9 Å². The van der Waals surface area contributed by atoms with Gasteiger partial charge in [0.25, 0.3) is 0 Å². The van der Waals surface area contributed by atoms with Gasteiger partial charge in [-0.15, -0.1) is 5.53 Å². The molecule has 2 aliphatic heterocycles. The van der Waals surface area contributed by atoms with Crippen molar-refractivity contribution in [2.45, 2.75) is 62.4 Å². The fourth-order valence-corrected chi connectivity index (χ4v) is 5.78. The van der Waals surface area contributed by atoms with Gasteiger partial charge >= 0.3 is 17.9 Å². The van der Waals surface area contributed by atoms with E-state index in [9.17, 15) is 23.2 Å². The first-order valence-corrected chi connectivity index (χ1v) is 13.6. The second kappa shape index (κ2) is 13.0. The van der Waals surface area contributed by atoms with Crippen molar-refractivity contribution in [3.8, 4) is 0 Å². The Morgan fingerprint density at radius 3 is 2.34 bits per heavy atom. The first-order chi connectivity index (χ1) is 19.4. The summed E-state index contributed by atoms with van der Waals surface area (Å²) in [4.78, 5) is 40.9. The third kappa shape index (κ3) is 7.44. The fraction of sp³-hybridized carbons (Fsp3) is 0.385. The maximum absolute atomic E-state index is 14.3. The van der Waals surface area contributed by atoms with Gasteiger partial charge in [0.1, 0.15) is 35.5 Å². The Kier molecular flexibility index (Phi) is 9.68. The highest BCUT2D eigenvalue weighted by Crippen LogP contribution is 2.38. The Morgan fingerprint density at radius 2 is 1.73 bits per heavy atom. The molecule has 0 amide bonds. The topological polar surface area (TPSA) is 133 Å². The number of ether oxygens (including phenoxy) is 4. The predicted molar refractivity (Wildman–Crippen MR) is 141 cm³/mol. The molecule has 2 aliphatic rings. The molecule has 0 spiro atoms. The van der Waals surface area contributed by atoms with Crippen molar-refractivity contribution < 1.29 is 47.6 Å². The molecule has 1 fully saturated rings. The summed E-state index contributed by atoms with van der Waals surface area (Å²) in [5, 5.41) is 1.93. The number of carbonyl (C=O) groups is 3. The quantitative estimate of drug-likeness (QED) is 0.258. The van der Waals surface area contributed by atoms with E-state index in [0.717, 1.165) is 11.8 Å². The molecule has 3 N–H and O–H groups in total. The van der Waals surface area contributed by atoms with Crippen molar-refractivity contribution >= 4 is 47.0 Å². The number of pyridine rings is 1. The van der Waals surface area contributed by atoms with E-state index in [2.05, 4.69) is 10.4 Å². The molecule has 220 valence electrons. The zero-order valence-corrected chi connectivity index (χ0v) is 24.0. The van der Waals surface area contributed by atoms with Crippen LogP contribution in [0.2, 0.25) is 5.02 Å². The van der Waals surface area contributed by atoms with Crippen LogP contribution in [0.5, 0.6) is 0 Å². The highest BCUT2D eigenvalue weighted by Gasteiger charge is 2.54. The van der Waals surface area contributed by atoms with Crippen LogP contribution in [0.1, 0.15) is 31.9 Å². The third-order valence-electron chi connectivity index (χ3n) is 6.19. The maximum Gasteiger partial charge on any atom is 0.303 e. The summed E-state index contributed by atoms with van der Waals surface area (Å²) in [5.41, 5.74) is 3.96. The minimum absolute atomic E-state index is 0.119. The van der Waals surface area contributed by atoms with E-state index >= 15 is 0 Å². The molecular formula is C26H28ClF2N4O7S+. The average Bonchev–Trinajstić information content (AvgIpc) is 3.37. The van der Waals surface area contributed by atoms with Gasteiger partial charge in [0.2, 0.25) is 0 Å². The van der Waals surface area contributed by atoms with Gasteiger partial charge in [-0.2, -0.15) is 5.01 Å². The zero-order valence-electron chi connectivity index (χ0n) is 22.4. The summed E-state index contributed by atoms with van der Waals surface area (Å²) in [6.45, 7) is 4.68. The van der Waals surface area contributed by atoms with E-state index in [1.54, 1.807) is 17.3 Å². The van der Waals surface area contributed by atoms with Crippen LogP contribution in [0.15, 0.2) is 41.7 Å². The summed E-state index contributed by atoms with van der Waals surface area (Å²) in [6, 6.07) is 3.07. The van der Waals surface area contributed by atoms with Crippen LogP contribution in [-0.4, -0.2) is 64.3 Å². The van der Waals surface area contributed by atoms with Crippen LogP contribution in [-0.2, 0) is 33.3 Å². The van der Waals surface area contributed by atoms with Crippen molar-refractivity contribution in [2.24, 2.45) is 0 Å². The lowest BCUT2D eigenvalue weighted by molar-refractivity contribution is -0.829. The lowest BCUT2D eigenvalue weighted by Crippen LogP contribution is -3.00. The van der Waals surface area contributed by atoms with Crippen LogP contribution in [0.3, 0.4) is 0 Å². The van der Waals surface area contributed by atoms with Gasteiger partial charge in [0.15, 0.2) is 18.2 Å². The number of esters is 3. The van der Waals surface area contributed by atoms with Crippen LogP contribution in [0.4, 0.5) is 8.78 Å². The van der Waals surface area contributed by atoms with E-state index in [-0.39, 0.29) is 17.7 Å². The second-order valence-corrected chi connectivity index (χ2v) is 10.9. The van der Waals surface area contributed by atoms with E-state index in [1.165, 1.54) is 57.8 Å². The molecule has 3 heterocycles. The standard InChI is InChI=1S/C26H27ClF2N4O7S/c1-12-19(28)5-16(6-20(12)29)21-10-33(32-31-21)23-24(38-14(3)35)22(11-37-13(2)34)40-26(25(23)39-15(4)36)41-18-7-17(27)8-30-9-18/h5-10,22-26,31-32H,11H2,1-4H3/p+1. The van der Waals surface area contributed by atoms with Crippen molar-refractivity contribution in [2.75, 3.05) is 6.61 Å². The molecule has 1 aromatic carbocycles. The Balaban J connectivity index is 1.78. The van der Waals surface area contributed by atoms with Crippen molar-refractivity contribution in [1.29, 1.82) is 0 Å². The highest BCUT2D eigenvalue weighted by atomic mass is 35.5. The van der Waals surface area contributed by atoms with Gasteiger partial charge in [-0.05, 0) is 25.1 Å². The van der Waals surface area contributed by atoms with Crippen LogP contribution >= 0.6 is 23.4 Å². The Morgan fingerprint density at radius 1 is 1.07 bits per heavy atom. The molecule has 0 radical (unpaired) electrons. The van der Waals surface area contributed by atoms with E-state index in [0.29, 0.717) is 15.6 Å². The minimum Gasteiger partial charge on any atom is -0.463 e. The molecule has 1 aromatic heterocycles. The monoisotopic (exact) mass is 613 g/mol. The van der Waals surface area contributed by atoms with Crippen molar-refractivity contribution in [3.63, 3.8) is 0 Å². The Hall–Kier alpha value is -3.46. The number of hydrogen-bond donors (Lipinski definition) is 2. The fourth-order valence-electron chi connectivity index (χ4n) is 4.41. The Labute approximate surface area is 243 Å². The highest BCUT2D eigenvalue weighted by molar-refractivity contribution is 7.99. The van der Waals surface area contributed by atoms with Gasteiger partial charge in [-0.3, -0.25) is 19.4 Å². The molecule has 11 nitrogen and oxygen atoms in total. The number of hydrogen-bond acceptors (Lipinski definition) is 11. The summed E-state index contributed by atoms with van der Waals surface area (Å²) in [5.74, 6) is -3.34. The van der Waals surface area contributed by atoms with Crippen LogP contribution in [0, 0.1) is 18.6 Å². The number of halogens is 3. The molecule has 4 rings (SSSR count). The maximum atomic E-state index is 14.3. The van der Waals surface area contributed by atoms with Crippen LogP contribution < -0.4 is 11.0 Å². The van der Waals surface area contributed by atoms with E-state index in [4.69, 9.17) is 30.5 Å². The van der Waals surface area contributed by atoms with Gasteiger partial charge in [0, 0.05) is 49.2 Å². The average molecular weight is 614 g/mol. The lowest BCUT2D eigenvalue weighted by Gasteiger charge is -2.46. The van der Waals surface area contributed by atoms with E-state index < -0.39 is 59.3 Å². The van der Waals surface area contributed by atoms with Crippen molar-refractivity contribution in [3.05, 3.63) is 64.6 Å². The first-order valence-electron chi connectivity index (χ1n) is 12.4. The molecule has 5 unspecified atom stereocenters. The summed E-state index contributed by atoms with van der Waals surface area (Å²) in [7, 11) is 0. The number of nitrogens with zero attached hydrogens (tertiary/aromatic N) is 2. The third-order valence-corrected chi connectivity index (χ3v) is 7.50. The normalized spacial score (nSPS) is 23.8. The SMILES string of the molecule is CC(=O)OCC1OC(Sc2cncc(Cl)c2)C(OC(C)=O)C(N2C=C(c3cc(F)c(C)c(F)c3)N[NH2+]2)C1OC(C)=O. The van der Waals surface area contributed by atoms with Gasteiger partial charge in [0.05, 0.1) is 11.2 Å². The number of thioether (sulfide) groups is 1.